The largest absolute Gasteiger partial charge is 0.324 e. The van der Waals surface area contributed by atoms with E-state index in [1.165, 1.54) is 12.1 Å². The van der Waals surface area contributed by atoms with E-state index in [2.05, 4.69) is 15.3 Å². The molecule has 2 aromatic carbocycles. The first-order valence-electron chi connectivity index (χ1n) is 6.88. The Balaban J connectivity index is 1.75. The van der Waals surface area contributed by atoms with Crippen LogP contribution in [0.15, 0.2) is 66.9 Å². The molecule has 3 rings (SSSR count). The van der Waals surface area contributed by atoms with E-state index >= 15 is 0 Å². The molecule has 0 saturated carbocycles. The molecule has 0 bridgehead atoms. The molecule has 1 aromatic heterocycles. The van der Waals surface area contributed by atoms with E-state index < -0.39 is 0 Å². The second-order valence-electron chi connectivity index (χ2n) is 4.68. The average molecular weight is 291 g/mol. The Morgan fingerprint density at radius 1 is 0.864 bits per heavy atom. The van der Waals surface area contributed by atoms with Crippen LogP contribution in [0.4, 0.5) is 16.0 Å². The summed E-state index contributed by atoms with van der Waals surface area (Å²) in [6.07, 6.45) is 5.45. The highest BCUT2D eigenvalue weighted by Gasteiger charge is 1.98. The van der Waals surface area contributed by atoms with Gasteiger partial charge < -0.3 is 5.32 Å². The molecular weight excluding hydrogens is 277 g/mol. The average Bonchev–Trinajstić information content (AvgIpc) is 2.56. The number of benzene rings is 2. The third-order valence-corrected chi connectivity index (χ3v) is 3.02. The Kier molecular flexibility index (Phi) is 4.20. The predicted molar refractivity (Wildman–Crippen MR) is 87.1 cm³/mol. The Morgan fingerprint density at radius 2 is 1.64 bits per heavy atom. The van der Waals surface area contributed by atoms with Crippen molar-refractivity contribution in [1.29, 1.82) is 0 Å². The van der Waals surface area contributed by atoms with Crippen LogP contribution in [0.5, 0.6) is 0 Å². The molecule has 3 nitrogen and oxygen atoms in total. The molecule has 108 valence electrons. The van der Waals surface area contributed by atoms with Crippen molar-refractivity contribution in [3.8, 4) is 0 Å². The van der Waals surface area contributed by atoms with Crippen LogP contribution in [0.1, 0.15) is 11.3 Å². The maximum Gasteiger partial charge on any atom is 0.227 e. The molecule has 0 fully saturated rings. The van der Waals surface area contributed by atoms with Crippen molar-refractivity contribution in [3.63, 3.8) is 0 Å². The number of nitrogens with one attached hydrogen (secondary N) is 1. The van der Waals surface area contributed by atoms with Gasteiger partial charge in [-0.05, 0) is 42.0 Å². The Bertz CT molecular complexity index is 768. The van der Waals surface area contributed by atoms with Crippen molar-refractivity contribution in [1.82, 2.24) is 9.97 Å². The molecule has 1 heterocycles. The quantitative estimate of drug-likeness (QED) is 0.767. The van der Waals surface area contributed by atoms with Gasteiger partial charge in [0, 0.05) is 11.9 Å². The summed E-state index contributed by atoms with van der Waals surface area (Å²) in [5.41, 5.74) is 2.62. The zero-order valence-corrected chi connectivity index (χ0v) is 11.8. The van der Waals surface area contributed by atoms with Gasteiger partial charge in [0.2, 0.25) is 5.95 Å². The van der Waals surface area contributed by atoms with Gasteiger partial charge in [-0.15, -0.1) is 0 Å². The second kappa shape index (κ2) is 6.63. The Labute approximate surface area is 128 Å². The first-order chi connectivity index (χ1) is 10.8. The van der Waals surface area contributed by atoms with Crippen LogP contribution < -0.4 is 5.32 Å². The van der Waals surface area contributed by atoms with Gasteiger partial charge in [-0.25, -0.2) is 14.4 Å². The fourth-order valence-electron chi connectivity index (χ4n) is 1.93. The van der Waals surface area contributed by atoms with Crippen molar-refractivity contribution in [3.05, 3.63) is 83.9 Å². The van der Waals surface area contributed by atoms with E-state index in [0.717, 1.165) is 16.9 Å². The van der Waals surface area contributed by atoms with Gasteiger partial charge in [0.1, 0.15) is 5.82 Å². The first kappa shape index (κ1) is 13.9. The highest BCUT2D eigenvalue weighted by atomic mass is 19.1. The number of halogens is 1. The summed E-state index contributed by atoms with van der Waals surface area (Å²) in [6.45, 7) is 0. The normalized spacial score (nSPS) is 10.8. The van der Waals surface area contributed by atoms with E-state index in [1.54, 1.807) is 18.3 Å². The summed E-state index contributed by atoms with van der Waals surface area (Å²) in [6, 6.07) is 17.9. The number of aromatic nitrogens is 2. The second-order valence-corrected chi connectivity index (χ2v) is 4.68. The van der Waals surface area contributed by atoms with Crippen LogP contribution in [0, 0.1) is 5.82 Å². The number of hydrogen-bond donors (Lipinski definition) is 1. The molecule has 0 aliphatic heterocycles. The SMILES string of the molecule is Fc1ccc(/C=C/c2ccnc(Nc3ccccc3)n2)cc1. The van der Waals surface area contributed by atoms with Gasteiger partial charge in [-0.2, -0.15) is 0 Å². The molecule has 0 saturated heterocycles. The van der Waals surface area contributed by atoms with E-state index in [0.29, 0.717) is 5.95 Å². The summed E-state index contributed by atoms with van der Waals surface area (Å²) in [5, 5.41) is 3.14. The van der Waals surface area contributed by atoms with Crippen molar-refractivity contribution < 1.29 is 4.39 Å². The van der Waals surface area contributed by atoms with Crippen LogP contribution in [0.3, 0.4) is 0 Å². The molecule has 0 radical (unpaired) electrons. The number of anilines is 2. The summed E-state index contributed by atoms with van der Waals surface area (Å²) >= 11 is 0. The van der Waals surface area contributed by atoms with Crippen molar-refractivity contribution in [2.45, 2.75) is 0 Å². The highest BCUT2D eigenvalue weighted by Crippen LogP contribution is 2.13. The van der Waals surface area contributed by atoms with Crippen LogP contribution in [0.2, 0.25) is 0 Å². The molecule has 22 heavy (non-hydrogen) atoms. The summed E-state index contributed by atoms with van der Waals surface area (Å²) < 4.78 is 12.9. The van der Waals surface area contributed by atoms with E-state index in [-0.39, 0.29) is 5.82 Å². The maximum atomic E-state index is 12.9. The summed E-state index contributed by atoms with van der Waals surface area (Å²) in [4.78, 5) is 8.61. The van der Waals surface area contributed by atoms with Gasteiger partial charge >= 0.3 is 0 Å². The molecule has 0 spiro atoms. The number of nitrogens with zero attached hydrogens (tertiary/aromatic N) is 2. The lowest BCUT2D eigenvalue weighted by Crippen LogP contribution is -1.97. The molecule has 3 aromatic rings. The van der Waals surface area contributed by atoms with Crippen LogP contribution >= 0.6 is 0 Å². The minimum Gasteiger partial charge on any atom is -0.324 e. The van der Waals surface area contributed by atoms with E-state index in [9.17, 15) is 4.39 Å². The molecule has 0 atom stereocenters. The van der Waals surface area contributed by atoms with Gasteiger partial charge in [0.25, 0.3) is 0 Å². The molecular formula is C18H14FN3. The minimum absolute atomic E-state index is 0.242. The summed E-state index contributed by atoms with van der Waals surface area (Å²) in [5.74, 6) is 0.293. The van der Waals surface area contributed by atoms with Crippen molar-refractivity contribution >= 4 is 23.8 Å². The highest BCUT2D eigenvalue weighted by molar-refractivity contribution is 5.68. The van der Waals surface area contributed by atoms with Crippen LogP contribution in [-0.2, 0) is 0 Å². The zero-order chi connectivity index (χ0) is 15.2. The van der Waals surface area contributed by atoms with Crippen molar-refractivity contribution in [2.75, 3.05) is 5.32 Å². The molecule has 0 aliphatic rings. The smallest absolute Gasteiger partial charge is 0.227 e. The van der Waals surface area contributed by atoms with E-state index in [4.69, 9.17) is 0 Å². The lowest BCUT2D eigenvalue weighted by atomic mass is 10.2. The topological polar surface area (TPSA) is 37.8 Å². The molecule has 0 amide bonds. The lowest BCUT2D eigenvalue weighted by molar-refractivity contribution is 0.628. The van der Waals surface area contributed by atoms with E-state index in [1.807, 2.05) is 48.6 Å². The molecule has 0 aliphatic carbocycles. The molecule has 1 N–H and O–H groups in total. The Morgan fingerprint density at radius 3 is 2.41 bits per heavy atom. The third-order valence-electron chi connectivity index (χ3n) is 3.02. The third kappa shape index (κ3) is 3.76. The van der Waals surface area contributed by atoms with Gasteiger partial charge in [-0.3, -0.25) is 0 Å². The van der Waals surface area contributed by atoms with Gasteiger partial charge in [-0.1, -0.05) is 36.4 Å². The van der Waals surface area contributed by atoms with Gasteiger partial charge in [0.05, 0.1) is 5.69 Å². The Hall–Kier alpha value is -3.01. The first-order valence-corrected chi connectivity index (χ1v) is 6.88. The lowest BCUT2D eigenvalue weighted by Gasteiger charge is -2.04. The molecule has 4 heteroatoms. The van der Waals surface area contributed by atoms with Crippen LogP contribution in [-0.4, -0.2) is 9.97 Å². The summed E-state index contributed by atoms with van der Waals surface area (Å²) in [7, 11) is 0. The molecule has 0 unspecified atom stereocenters. The predicted octanol–water partition coefficient (Wildman–Crippen LogP) is 4.53. The number of para-hydroxylation sites is 1. The van der Waals surface area contributed by atoms with Crippen molar-refractivity contribution in [2.24, 2.45) is 0 Å². The minimum atomic E-state index is -0.242. The zero-order valence-electron chi connectivity index (χ0n) is 11.8. The number of hydrogen-bond acceptors (Lipinski definition) is 3. The fraction of sp³-hybridized carbons (Fsp3) is 0. The van der Waals surface area contributed by atoms with Crippen LogP contribution in [0.25, 0.3) is 12.2 Å². The monoisotopic (exact) mass is 291 g/mol. The fourth-order valence-corrected chi connectivity index (χ4v) is 1.93. The maximum absolute atomic E-state index is 12.9. The van der Waals surface area contributed by atoms with Gasteiger partial charge in [0.15, 0.2) is 0 Å². The number of rotatable bonds is 4. The standard InChI is InChI=1S/C18H14FN3/c19-15-9-6-14(7-10-15)8-11-17-12-13-20-18(22-17)21-16-4-2-1-3-5-16/h1-13H,(H,20,21,22)/b11-8+.